The predicted octanol–water partition coefficient (Wildman–Crippen LogP) is 1.57. The van der Waals surface area contributed by atoms with Gasteiger partial charge >= 0.3 is 0 Å². The molecule has 0 amide bonds. The van der Waals surface area contributed by atoms with Crippen LogP contribution < -0.4 is 9.72 Å². The third-order valence-corrected chi connectivity index (χ3v) is 4.30. The van der Waals surface area contributed by atoms with Crippen LogP contribution in [0.25, 0.3) is 0 Å². The molecule has 1 aromatic heterocycles. The van der Waals surface area contributed by atoms with E-state index in [0.717, 1.165) is 0 Å². The second-order valence-corrected chi connectivity index (χ2v) is 6.58. The first-order chi connectivity index (χ1) is 5.89. The molecule has 12 heavy (non-hydrogen) atoms. The van der Waals surface area contributed by atoms with Gasteiger partial charge in [-0.3, -0.25) is 9.72 Å². The first-order valence-electron chi connectivity index (χ1n) is 3.04. The Labute approximate surface area is 81.2 Å². The van der Waals surface area contributed by atoms with Gasteiger partial charge in [0.1, 0.15) is 0 Å². The van der Waals surface area contributed by atoms with Crippen molar-refractivity contribution in [3.63, 3.8) is 0 Å². The van der Waals surface area contributed by atoms with Crippen LogP contribution in [-0.2, 0) is 0 Å². The van der Waals surface area contributed by atoms with Crippen molar-refractivity contribution >= 4 is 38.4 Å². The van der Waals surface area contributed by atoms with E-state index in [-0.39, 0.29) is 0 Å². The number of hydrogen-bond donors (Lipinski definition) is 3. The standard InChI is InChI=1S/C3H4N2.ClH5N3P3/c1-2-5-3-4-1;1-4-6-2-5-3-7-4/h1-3H,(H,4,5);2-3,5-7H. The molecule has 1 aliphatic heterocycles. The number of rotatable bonds is 0. The smallest absolute Gasteiger partial charge is 0.0919 e. The number of H-pyrrole nitrogens is 1. The largest absolute Gasteiger partial charge is 0.351 e. The van der Waals surface area contributed by atoms with E-state index >= 15 is 0 Å². The number of aromatic amines is 1. The summed E-state index contributed by atoms with van der Waals surface area (Å²) < 4.78 is 1.70. The summed E-state index contributed by atoms with van der Waals surface area (Å²) in [5.74, 6) is 0. The lowest BCUT2D eigenvalue weighted by Crippen LogP contribution is -2.07. The molecular weight excluding hydrogens is 234 g/mol. The minimum Gasteiger partial charge on any atom is -0.351 e. The molecule has 1 saturated heterocycles. The minimum absolute atomic E-state index is 0.586. The Hall–Kier alpha value is 0.670. The lowest BCUT2D eigenvalue weighted by atomic mass is 11.0. The number of imidazole rings is 1. The summed E-state index contributed by atoms with van der Waals surface area (Å²) in [5, 5.41) is 0. The number of nitrogens with zero attached hydrogens (tertiary/aromatic N) is 2. The summed E-state index contributed by atoms with van der Waals surface area (Å²) in [6.45, 7) is 0. The third kappa shape index (κ3) is 5.34. The van der Waals surface area contributed by atoms with Crippen molar-refractivity contribution in [2.75, 3.05) is 0 Å². The van der Waals surface area contributed by atoms with E-state index in [4.69, 9.17) is 11.8 Å². The quantitative estimate of drug-likeness (QED) is 0.478. The SMILES string of the molecule is ClN1PNPNP1.c1c[nH]cn1. The van der Waals surface area contributed by atoms with E-state index < -0.39 is 0 Å². The molecule has 68 valence electrons. The Morgan fingerprint density at radius 2 is 2.08 bits per heavy atom. The molecule has 2 atom stereocenters. The van der Waals surface area contributed by atoms with Crippen LogP contribution in [0.4, 0.5) is 0 Å². The van der Waals surface area contributed by atoms with Crippen LogP contribution in [-0.4, -0.2) is 13.9 Å². The number of aromatic nitrogens is 2. The first kappa shape index (κ1) is 10.7. The van der Waals surface area contributed by atoms with Crippen molar-refractivity contribution in [2.24, 2.45) is 0 Å². The second-order valence-electron chi connectivity index (χ2n) is 1.64. The molecule has 5 nitrogen and oxygen atoms in total. The van der Waals surface area contributed by atoms with E-state index in [2.05, 4.69) is 19.7 Å². The predicted molar refractivity (Wildman–Crippen MR) is 57.5 cm³/mol. The fourth-order valence-corrected chi connectivity index (χ4v) is 4.46. The molecular formula is C3H9ClN5P3. The maximum absolute atomic E-state index is 5.55. The fraction of sp³-hybridized carbons (Fsp3) is 0. The molecule has 2 heterocycles. The molecule has 1 fully saturated rings. The zero-order valence-electron chi connectivity index (χ0n) is 6.00. The molecule has 1 aromatic rings. The maximum atomic E-state index is 5.55. The molecule has 0 spiro atoms. The summed E-state index contributed by atoms with van der Waals surface area (Å²) in [6.07, 6.45) is 5.08. The molecule has 2 rings (SSSR count). The topological polar surface area (TPSA) is 56.0 Å². The number of halogens is 1. The van der Waals surface area contributed by atoms with Gasteiger partial charge in [-0.05, 0) is 11.8 Å². The van der Waals surface area contributed by atoms with Crippen molar-refractivity contribution in [1.82, 2.24) is 23.6 Å². The Morgan fingerprint density at radius 3 is 2.33 bits per heavy atom. The zero-order chi connectivity index (χ0) is 8.65. The fourth-order valence-electron chi connectivity index (χ4n) is 0.428. The number of nitrogens with one attached hydrogen (secondary N) is 3. The van der Waals surface area contributed by atoms with Crippen LogP contribution in [0.1, 0.15) is 0 Å². The van der Waals surface area contributed by atoms with Crippen LogP contribution in [0.3, 0.4) is 0 Å². The molecule has 0 radical (unpaired) electrons. The first-order valence-corrected chi connectivity index (χ1v) is 6.28. The van der Waals surface area contributed by atoms with E-state index in [1.54, 1.807) is 22.7 Å². The van der Waals surface area contributed by atoms with Gasteiger partial charge in [-0.15, -0.1) is 0 Å². The van der Waals surface area contributed by atoms with Gasteiger partial charge in [0.15, 0.2) is 0 Å². The molecule has 2 unspecified atom stereocenters. The average molecular weight is 244 g/mol. The van der Waals surface area contributed by atoms with Crippen LogP contribution in [0.15, 0.2) is 18.7 Å². The Bertz CT molecular complexity index is 161. The highest BCUT2D eigenvalue weighted by molar-refractivity contribution is 7.66. The highest BCUT2D eigenvalue weighted by Crippen LogP contribution is 2.38. The van der Waals surface area contributed by atoms with Gasteiger partial charge in [0.05, 0.1) is 6.33 Å². The van der Waals surface area contributed by atoms with Crippen LogP contribution in [0.5, 0.6) is 0 Å². The highest BCUT2D eigenvalue weighted by Gasteiger charge is 2.03. The van der Waals surface area contributed by atoms with Crippen LogP contribution in [0.2, 0.25) is 0 Å². The van der Waals surface area contributed by atoms with Gasteiger partial charge in [0.25, 0.3) is 0 Å². The van der Waals surface area contributed by atoms with Gasteiger partial charge in [-0.2, -0.15) is 3.96 Å². The average Bonchev–Trinajstić information content (AvgIpc) is 2.62. The Kier molecular flexibility index (Phi) is 6.37. The van der Waals surface area contributed by atoms with Crippen molar-refractivity contribution in [1.29, 1.82) is 0 Å². The zero-order valence-corrected chi connectivity index (χ0v) is 9.76. The molecule has 3 N–H and O–H groups in total. The third-order valence-electron chi connectivity index (χ3n) is 0.839. The van der Waals surface area contributed by atoms with E-state index in [9.17, 15) is 0 Å². The Morgan fingerprint density at radius 1 is 1.33 bits per heavy atom. The lowest BCUT2D eigenvalue weighted by molar-refractivity contribution is 1.16. The van der Waals surface area contributed by atoms with Gasteiger partial charge in [-0.25, -0.2) is 4.98 Å². The van der Waals surface area contributed by atoms with Crippen molar-refractivity contribution in [3.05, 3.63) is 18.7 Å². The van der Waals surface area contributed by atoms with Crippen molar-refractivity contribution in [2.45, 2.75) is 0 Å². The molecule has 9 heteroatoms. The lowest BCUT2D eigenvalue weighted by Gasteiger charge is -2.19. The van der Waals surface area contributed by atoms with Gasteiger partial charge < -0.3 is 4.98 Å². The Balaban J connectivity index is 0.000000127. The van der Waals surface area contributed by atoms with E-state index in [0.29, 0.717) is 26.6 Å². The summed E-state index contributed by atoms with van der Waals surface area (Å²) >= 11 is 5.55. The summed E-state index contributed by atoms with van der Waals surface area (Å²) in [4.78, 5) is 12.6. The molecule has 0 aromatic carbocycles. The van der Waals surface area contributed by atoms with Crippen LogP contribution >= 0.6 is 38.4 Å². The van der Waals surface area contributed by atoms with Gasteiger partial charge in [0, 0.05) is 39.0 Å². The highest BCUT2D eigenvalue weighted by atomic mass is 35.5. The van der Waals surface area contributed by atoms with Crippen molar-refractivity contribution in [3.8, 4) is 0 Å². The molecule has 1 aliphatic rings. The van der Waals surface area contributed by atoms with E-state index in [1.807, 2.05) is 0 Å². The van der Waals surface area contributed by atoms with Crippen molar-refractivity contribution < 1.29 is 0 Å². The van der Waals surface area contributed by atoms with E-state index in [1.165, 1.54) is 0 Å². The monoisotopic (exact) mass is 243 g/mol. The summed E-state index contributed by atoms with van der Waals surface area (Å²) in [5.41, 5.74) is 0. The normalized spacial score (nSPS) is 24.1. The van der Waals surface area contributed by atoms with Gasteiger partial charge in [-0.1, -0.05) is 0 Å². The summed E-state index contributed by atoms with van der Waals surface area (Å²) in [6, 6.07) is 0. The van der Waals surface area contributed by atoms with Crippen LogP contribution in [0, 0.1) is 0 Å². The summed E-state index contributed by atoms with van der Waals surface area (Å²) in [7, 11) is 1.86. The minimum atomic E-state index is 0.586. The van der Waals surface area contributed by atoms with Gasteiger partial charge in [0.2, 0.25) is 0 Å². The maximum Gasteiger partial charge on any atom is 0.0919 e. The second kappa shape index (κ2) is 7.11. The number of hydrogen-bond acceptors (Lipinski definition) is 4. The molecule has 0 saturated carbocycles. The molecule has 0 bridgehead atoms. The molecule has 0 aliphatic carbocycles.